The fraction of sp³-hybridized carbons (Fsp3) is 0.893. The number of piperazine rings is 3. The molecule has 0 aliphatic carbocycles. The first kappa shape index (κ1) is 30.1. The van der Waals surface area contributed by atoms with Crippen LogP contribution < -0.4 is 4.57 Å². The van der Waals surface area contributed by atoms with Gasteiger partial charge in [0.25, 0.3) is 0 Å². The lowest BCUT2D eigenvalue weighted by molar-refractivity contribution is -0.961. The number of fused-ring (bicyclic) bond motifs is 6. The van der Waals surface area contributed by atoms with Gasteiger partial charge in [-0.2, -0.15) is 0 Å². The van der Waals surface area contributed by atoms with Crippen molar-refractivity contribution in [3.8, 4) is 0 Å². The zero-order valence-corrected chi connectivity index (χ0v) is 21.8. The van der Waals surface area contributed by atoms with E-state index in [9.17, 15) is 0 Å². The lowest BCUT2D eigenvalue weighted by Crippen LogP contribution is -2.69. The van der Waals surface area contributed by atoms with Gasteiger partial charge in [-0.15, -0.1) is 0 Å². The predicted molar refractivity (Wildman–Crippen MR) is 143 cm³/mol. The van der Waals surface area contributed by atoms with E-state index in [-0.39, 0.29) is 14.9 Å². The lowest BCUT2D eigenvalue weighted by Gasteiger charge is -2.53. The van der Waals surface area contributed by atoms with Crippen LogP contribution in [0.2, 0.25) is 0 Å². The van der Waals surface area contributed by atoms with Crippen molar-refractivity contribution in [2.45, 2.75) is 93.8 Å². The van der Waals surface area contributed by atoms with Crippen LogP contribution in [0.25, 0.3) is 0 Å². The summed E-state index contributed by atoms with van der Waals surface area (Å²) in [5.41, 5.74) is 0. The van der Waals surface area contributed by atoms with E-state index in [1.807, 2.05) is 17.8 Å². The minimum Gasteiger partial charge on any atom is -0.322 e. The Hall–Kier alpha value is -0.910. The number of piperidine rings is 3. The molecule has 6 aliphatic rings. The standard InChI is InChI=1S/C10H20N.C9H19N2.C7H13N2.2CH4/c2*1-9(2)11-6-3-10(4-7-11)5-8-11;1-7(2)9-5-4-8(3)6-9;;/h9-10H,3-8H2,1-2H3;9H,3-8H2,1-2H3;4-7H,1-3H3;2*1H4/q3*+1;;. The van der Waals surface area contributed by atoms with Crippen LogP contribution in [0, 0.1) is 5.92 Å². The second-order valence-corrected chi connectivity index (χ2v) is 11.7. The highest BCUT2D eigenvalue weighted by Gasteiger charge is 2.41. The molecular weight excluding hydrogens is 406 g/mol. The molecule has 194 valence electrons. The van der Waals surface area contributed by atoms with Gasteiger partial charge in [-0.3, -0.25) is 4.90 Å². The molecule has 4 bridgehead atoms. The van der Waals surface area contributed by atoms with Crippen molar-refractivity contribution in [3.63, 3.8) is 0 Å². The largest absolute Gasteiger partial charge is 0.322 e. The normalized spacial score (nSPS) is 31.8. The van der Waals surface area contributed by atoms with Gasteiger partial charge >= 0.3 is 0 Å². The molecule has 5 heteroatoms. The molecule has 0 atom stereocenters. The van der Waals surface area contributed by atoms with Crippen molar-refractivity contribution in [1.29, 1.82) is 0 Å². The molecule has 6 fully saturated rings. The summed E-state index contributed by atoms with van der Waals surface area (Å²) in [6.07, 6.45) is 10.7. The molecule has 0 saturated carbocycles. The minimum atomic E-state index is 0. The number of quaternary nitrogens is 2. The smallest absolute Gasteiger partial charge is 0.243 e. The van der Waals surface area contributed by atoms with Crippen LogP contribution in [0.1, 0.15) is 81.7 Å². The maximum absolute atomic E-state index is 2.60. The van der Waals surface area contributed by atoms with Crippen molar-refractivity contribution < 1.29 is 13.5 Å². The van der Waals surface area contributed by atoms with Gasteiger partial charge in [-0.1, -0.05) is 14.9 Å². The molecule has 33 heavy (non-hydrogen) atoms. The highest BCUT2D eigenvalue weighted by atomic mass is 15.5. The van der Waals surface area contributed by atoms with E-state index in [1.165, 1.54) is 87.1 Å². The fourth-order valence-corrected chi connectivity index (χ4v) is 6.10. The monoisotopic (exact) mass is 466 g/mol. The Labute approximate surface area is 207 Å². The van der Waals surface area contributed by atoms with Crippen molar-refractivity contribution >= 4 is 0 Å². The Morgan fingerprint density at radius 3 is 1.39 bits per heavy atom. The summed E-state index contributed by atoms with van der Waals surface area (Å²) >= 11 is 0. The van der Waals surface area contributed by atoms with Gasteiger partial charge in [-0.05, 0) is 66.7 Å². The number of rotatable bonds is 3. The Balaban J connectivity index is 0.000000242. The van der Waals surface area contributed by atoms with E-state index in [1.54, 1.807) is 0 Å². The zero-order valence-electron chi connectivity index (χ0n) is 21.8. The first-order chi connectivity index (χ1) is 14.7. The van der Waals surface area contributed by atoms with E-state index < -0.39 is 0 Å². The third-order valence-corrected chi connectivity index (χ3v) is 9.11. The molecule has 6 aliphatic heterocycles. The van der Waals surface area contributed by atoms with Crippen molar-refractivity contribution in [1.82, 2.24) is 9.47 Å². The summed E-state index contributed by atoms with van der Waals surface area (Å²) in [4.78, 5) is 2.60. The second-order valence-electron chi connectivity index (χ2n) is 11.7. The average Bonchev–Trinajstić information content (AvgIpc) is 3.24. The highest BCUT2D eigenvalue weighted by Crippen LogP contribution is 2.35. The molecule has 0 aromatic carbocycles. The summed E-state index contributed by atoms with van der Waals surface area (Å²) in [6, 6.07) is 2.29. The van der Waals surface area contributed by atoms with Crippen molar-refractivity contribution in [3.05, 3.63) is 18.7 Å². The minimum absolute atomic E-state index is 0. The molecule has 0 unspecified atom stereocenters. The van der Waals surface area contributed by atoms with E-state index >= 15 is 0 Å². The van der Waals surface area contributed by atoms with E-state index in [0.29, 0.717) is 6.04 Å². The summed E-state index contributed by atoms with van der Waals surface area (Å²) < 4.78 is 7.05. The molecule has 6 saturated heterocycles. The quantitative estimate of drug-likeness (QED) is 0.463. The summed E-state index contributed by atoms with van der Waals surface area (Å²) in [6.45, 7) is 26.5. The predicted octanol–water partition coefficient (Wildman–Crippen LogP) is 4.73. The summed E-state index contributed by atoms with van der Waals surface area (Å²) in [7, 11) is 2.03. The van der Waals surface area contributed by atoms with Crippen LogP contribution in [0.5, 0.6) is 0 Å². The first-order valence-corrected chi connectivity index (χ1v) is 13.1. The van der Waals surface area contributed by atoms with E-state index in [4.69, 9.17) is 0 Å². The molecule has 0 spiro atoms. The van der Waals surface area contributed by atoms with Gasteiger partial charge in [0.05, 0.1) is 64.4 Å². The Bertz CT molecular complexity index is 598. The number of nitrogens with zero attached hydrogens (tertiary/aromatic N) is 5. The Kier molecular flexibility index (Phi) is 11.6. The van der Waals surface area contributed by atoms with Crippen LogP contribution in [0.15, 0.2) is 18.7 Å². The molecule has 0 amide bonds. The SMILES string of the molecule is C.C.CC(C)[N+]12CCC(CC1)CC2.CC(C)[N+]12CCN(CC1)CC2.CC(C)n1cc[n+](C)c1. The number of imidazole rings is 1. The maximum atomic E-state index is 2.60. The van der Waals surface area contributed by atoms with Gasteiger partial charge < -0.3 is 8.97 Å². The Morgan fingerprint density at radius 1 is 0.727 bits per heavy atom. The van der Waals surface area contributed by atoms with Gasteiger partial charge in [0, 0.05) is 19.6 Å². The molecule has 0 radical (unpaired) electrons. The number of aromatic nitrogens is 2. The van der Waals surface area contributed by atoms with Gasteiger partial charge in [0.15, 0.2) is 0 Å². The van der Waals surface area contributed by atoms with Crippen LogP contribution >= 0.6 is 0 Å². The summed E-state index contributed by atoms with van der Waals surface area (Å²) in [5.74, 6) is 1.11. The third-order valence-electron chi connectivity index (χ3n) is 9.11. The average molecular weight is 467 g/mol. The molecule has 7 rings (SSSR count). The summed E-state index contributed by atoms with van der Waals surface area (Å²) in [5, 5.41) is 0. The molecular formula is C28H60N5+3. The Morgan fingerprint density at radius 2 is 1.15 bits per heavy atom. The third kappa shape index (κ3) is 7.29. The van der Waals surface area contributed by atoms with E-state index in [0.717, 1.165) is 18.0 Å². The van der Waals surface area contributed by atoms with Gasteiger partial charge in [-0.25, -0.2) is 9.13 Å². The number of hydrogen-bond acceptors (Lipinski definition) is 1. The molecule has 1 aromatic rings. The van der Waals surface area contributed by atoms with Gasteiger partial charge in [0.2, 0.25) is 6.33 Å². The highest BCUT2D eigenvalue weighted by molar-refractivity contribution is 4.73. The zero-order chi connectivity index (χ0) is 22.6. The van der Waals surface area contributed by atoms with Gasteiger partial charge in [0.1, 0.15) is 12.4 Å². The van der Waals surface area contributed by atoms with Crippen molar-refractivity contribution in [2.75, 3.05) is 58.9 Å². The molecule has 0 N–H and O–H groups in total. The van der Waals surface area contributed by atoms with Crippen molar-refractivity contribution in [2.24, 2.45) is 13.0 Å². The van der Waals surface area contributed by atoms with Crippen LogP contribution in [0.3, 0.4) is 0 Å². The maximum Gasteiger partial charge on any atom is 0.243 e. The van der Waals surface area contributed by atoms with Crippen LogP contribution in [-0.4, -0.2) is 89.4 Å². The van der Waals surface area contributed by atoms with Crippen LogP contribution in [0.4, 0.5) is 0 Å². The lowest BCUT2D eigenvalue weighted by atomic mass is 9.84. The second kappa shape index (κ2) is 12.7. The number of hydrogen-bond donors (Lipinski definition) is 0. The molecule has 1 aromatic heterocycles. The topological polar surface area (TPSA) is 12.1 Å². The fourth-order valence-electron chi connectivity index (χ4n) is 6.10. The molecule has 5 nitrogen and oxygen atoms in total. The van der Waals surface area contributed by atoms with E-state index in [2.05, 4.69) is 63.5 Å². The molecule has 7 heterocycles. The number of aryl methyl sites for hydroxylation is 1. The van der Waals surface area contributed by atoms with Crippen LogP contribution in [-0.2, 0) is 7.05 Å². The first-order valence-electron chi connectivity index (χ1n) is 13.1.